The van der Waals surface area contributed by atoms with Gasteiger partial charge in [0.05, 0.1) is 0 Å². The third kappa shape index (κ3) is 13.4. The molecule has 5 heteroatoms. The number of hydrogen-bond donors (Lipinski definition) is 1. The predicted molar refractivity (Wildman–Crippen MR) is 196 cm³/mol. The third-order valence-corrected chi connectivity index (χ3v) is 9.89. The minimum Gasteiger partial charge on any atom is -0.480 e. The van der Waals surface area contributed by atoms with Crippen LogP contribution in [0.15, 0.2) is 91.0 Å². The normalized spacial score (nSPS) is 19.5. The van der Waals surface area contributed by atoms with Crippen molar-refractivity contribution in [2.75, 3.05) is 33.2 Å². The monoisotopic (exact) mass is 640 g/mol. The van der Waals surface area contributed by atoms with Gasteiger partial charge >= 0.3 is 5.97 Å². The maximum atomic E-state index is 11.9. The summed E-state index contributed by atoms with van der Waals surface area (Å²) in [4.78, 5) is 28.3. The fourth-order valence-corrected chi connectivity index (χ4v) is 7.13. The van der Waals surface area contributed by atoms with Gasteiger partial charge in [0.15, 0.2) is 5.78 Å². The van der Waals surface area contributed by atoms with Gasteiger partial charge in [-0.2, -0.15) is 0 Å². The second kappa shape index (κ2) is 21.6. The molecule has 0 radical (unpaired) electrons. The number of piperidine rings is 1. The van der Waals surface area contributed by atoms with E-state index in [4.69, 9.17) is 0 Å². The summed E-state index contributed by atoms with van der Waals surface area (Å²) in [6.07, 6.45) is 11.2. The van der Waals surface area contributed by atoms with Crippen LogP contribution in [-0.2, 0) is 4.79 Å². The lowest BCUT2D eigenvalue weighted by atomic mass is 9.83. The maximum absolute atomic E-state index is 11.9. The van der Waals surface area contributed by atoms with Gasteiger partial charge in [0.2, 0.25) is 0 Å². The Morgan fingerprint density at radius 3 is 1.83 bits per heavy atom. The van der Waals surface area contributed by atoms with E-state index >= 15 is 0 Å². The zero-order valence-corrected chi connectivity index (χ0v) is 29.5. The van der Waals surface area contributed by atoms with E-state index < -0.39 is 5.97 Å². The minimum atomic E-state index is -0.615. The molecule has 3 aromatic rings. The van der Waals surface area contributed by atoms with E-state index in [0.717, 1.165) is 50.3 Å². The molecule has 0 aromatic heterocycles. The van der Waals surface area contributed by atoms with E-state index in [1.54, 1.807) is 0 Å². The molecule has 1 aliphatic carbocycles. The molecule has 0 spiro atoms. The minimum absolute atomic E-state index is 0.265. The summed E-state index contributed by atoms with van der Waals surface area (Å²) in [6.45, 7) is 10.3. The Morgan fingerprint density at radius 1 is 0.745 bits per heavy atom. The number of aliphatic carboxylic acids is 1. The van der Waals surface area contributed by atoms with E-state index in [1.165, 1.54) is 56.3 Å². The molecule has 3 aliphatic rings. The molecule has 0 bridgehead atoms. The van der Waals surface area contributed by atoms with Crippen molar-refractivity contribution in [3.8, 4) is 0 Å². The molecule has 2 aliphatic heterocycles. The van der Waals surface area contributed by atoms with Gasteiger partial charge in [0, 0.05) is 18.5 Å². The number of hydrogen-bond acceptors (Lipinski definition) is 4. The zero-order chi connectivity index (χ0) is 33.9. The van der Waals surface area contributed by atoms with E-state index in [1.807, 2.05) is 68.4 Å². The van der Waals surface area contributed by atoms with Crippen molar-refractivity contribution >= 4 is 11.8 Å². The van der Waals surface area contributed by atoms with Gasteiger partial charge < -0.3 is 10.0 Å². The molecule has 3 fully saturated rings. The molecule has 1 N–H and O–H groups in total. The van der Waals surface area contributed by atoms with Crippen molar-refractivity contribution < 1.29 is 14.7 Å². The molecule has 2 saturated heterocycles. The summed E-state index contributed by atoms with van der Waals surface area (Å²) in [5.74, 6) is 1.28. The van der Waals surface area contributed by atoms with Crippen molar-refractivity contribution in [1.82, 2.24) is 9.80 Å². The highest BCUT2D eigenvalue weighted by atomic mass is 16.4. The van der Waals surface area contributed by atoms with Gasteiger partial charge in [-0.25, -0.2) is 0 Å². The summed E-state index contributed by atoms with van der Waals surface area (Å²) in [5.41, 5.74) is 3.54. The van der Waals surface area contributed by atoms with E-state index in [9.17, 15) is 14.7 Å². The highest BCUT2D eigenvalue weighted by Gasteiger charge is 2.38. The lowest BCUT2D eigenvalue weighted by Gasteiger charge is -2.33. The average molecular weight is 641 g/mol. The number of rotatable bonds is 8. The Morgan fingerprint density at radius 2 is 1.30 bits per heavy atom. The lowest BCUT2D eigenvalue weighted by molar-refractivity contribution is -0.145. The highest BCUT2D eigenvalue weighted by molar-refractivity contribution is 5.95. The average Bonchev–Trinajstić information content (AvgIpc) is 3.60. The number of ketones is 1. The van der Waals surface area contributed by atoms with Crippen LogP contribution in [0.4, 0.5) is 0 Å². The van der Waals surface area contributed by atoms with Gasteiger partial charge in [-0.05, 0) is 95.4 Å². The van der Waals surface area contributed by atoms with E-state index in [2.05, 4.69) is 60.2 Å². The molecular formula is C42H60N2O3. The number of Topliss-reactive ketones (excluding diaryl/α,β-unsaturated/α-hetero) is 1. The highest BCUT2D eigenvalue weighted by Crippen LogP contribution is 2.34. The van der Waals surface area contributed by atoms with Crippen molar-refractivity contribution in [2.24, 2.45) is 11.8 Å². The summed E-state index contributed by atoms with van der Waals surface area (Å²) in [7, 11) is 2.17. The SMILES string of the molecule is CC.CN1CCC(CCC(=O)c2ccccc2)CC1.Cc1ccccc1.O=C(O)[C@@H](C1CCCCC1)N1CC[C@@H](c2ccccc2)C1. The molecule has 5 nitrogen and oxygen atoms in total. The van der Waals surface area contributed by atoms with Gasteiger partial charge in [0.1, 0.15) is 6.04 Å². The number of carbonyl (C=O) groups excluding carboxylic acids is 1. The van der Waals surface area contributed by atoms with Crippen LogP contribution in [0.3, 0.4) is 0 Å². The molecular weight excluding hydrogens is 580 g/mol. The van der Waals surface area contributed by atoms with Gasteiger partial charge in [-0.3, -0.25) is 14.5 Å². The molecule has 0 unspecified atom stereocenters. The number of carbonyl (C=O) groups is 2. The summed E-state index contributed by atoms with van der Waals surface area (Å²) in [6, 6.07) is 30.2. The van der Waals surface area contributed by atoms with Gasteiger partial charge in [-0.1, -0.05) is 130 Å². The van der Waals surface area contributed by atoms with Crippen LogP contribution >= 0.6 is 0 Å². The topological polar surface area (TPSA) is 60.9 Å². The van der Waals surface area contributed by atoms with Crippen molar-refractivity contribution in [3.63, 3.8) is 0 Å². The number of likely N-dealkylation sites (tertiary alicyclic amines) is 2. The van der Waals surface area contributed by atoms with Crippen molar-refractivity contribution in [2.45, 2.75) is 96.9 Å². The summed E-state index contributed by atoms with van der Waals surface area (Å²) >= 11 is 0. The summed E-state index contributed by atoms with van der Waals surface area (Å²) in [5, 5.41) is 9.70. The first-order chi connectivity index (χ1) is 22.9. The maximum Gasteiger partial charge on any atom is 0.321 e. The molecule has 47 heavy (non-hydrogen) atoms. The lowest BCUT2D eigenvalue weighted by Crippen LogP contribution is -2.45. The Hall–Kier alpha value is -3.28. The van der Waals surface area contributed by atoms with Crippen LogP contribution in [0.5, 0.6) is 0 Å². The first-order valence-electron chi connectivity index (χ1n) is 18.2. The predicted octanol–water partition coefficient (Wildman–Crippen LogP) is 9.52. The quantitative estimate of drug-likeness (QED) is 0.249. The molecule has 2 heterocycles. The van der Waals surface area contributed by atoms with Crippen LogP contribution in [0.1, 0.15) is 105 Å². The molecule has 256 valence electrons. The molecule has 0 amide bonds. The Bertz CT molecular complexity index is 1250. The summed E-state index contributed by atoms with van der Waals surface area (Å²) < 4.78 is 0. The smallest absolute Gasteiger partial charge is 0.321 e. The Kier molecular flexibility index (Phi) is 17.5. The first kappa shape index (κ1) is 38.2. The van der Waals surface area contributed by atoms with Gasteiger partial charge in [0.25, 0.3) is 0 Å². The zero-order valence-electron chi connectivity index (χ0n) is 29.5. The van der Waals surface area contributed by atoms with Crippen LogP contribution in [0.25, 0.3) is 0 Å². The number of carboxylic acid groups (broad SMARTS) is 1. The van der Waals surface area contributed by atoms with Crippen LogP contribution in [0.2, 0.25) is 0 Å². The van der Waals surface area contributed by atoms with Crippen LogP contribution in [-0.4, -0.2) is 65.9 Å². The molecule has 2 atom stereocenters. The molecule has 1 saturated carbocycles. The number of benzene rings is 3. The molecule has 3 aromatic carbocycles. The number of carboxylic acids is 1. The van der Waals surface area contributed by atoms with Crippen molar-refractivity contribution in [3.05, 3.63) is 108 Å². The van der Waals surface area contributed by atoms with Crippen LogP contribution in [0, 0.1) is 18.8 Å². The standard InChI is InChI=1S/C18H25NO2.C15H21NO.C7H8.C2H6/c20-18(21)17(15-9-5-2-6-10-15)19-12-11-16(13-19)14-7-3-1-4-8-14;1-16-11-9-13(10-12-16)7-8-15(17)14-5-3-2-4-6-14;1-7-5-3-2-4-6-7;1-2/h1,3-4,7-8,15-17H,2,5-6,9-13H2,(H,20,21);2-6,13H,7-12H2,1H3;2-6H,1H3;1-2H3/t16-,17-;;;/m1.../s1. The Balaban J connectivity index is 0.000000206. The third-order valence-electron chi connectivity index (χ3n) is 9.89. The number of nitrogens with zero attached hydrogens (tertiary/aromatic N) is 2. The fourth-order valence-electron chi connectivity index (χ4n) is 7.13. The fraction of sp³-hybridized carbons (Fsp3) is 0.524. The molecule has 6 rings (SSSR count). The second-order valence-corrected chi connectivity index (χ2v) is 13.3. The van der Waals surface area contributed by atoms with Crippen LogP contribution < -0.4 is 0 Å². The second-order valence-electron chi connectivity index (χ2n) is 13.3. The van der Waals surface area contributed by atoms with Crippen molar-refractivity contribution in [1.29, 1.82) is 0 Å². The Labute approximate surface area is 285 Å². The first-order valence-corrected chi connectivity index (χ1v) is 18.2. The van der Waals surface area contributed by atoms with E-state index in [-0.39, 0.29) is 6.04 Å². The largest absolute Gasteiger partial charge is 0.480 e. The number of aryl methyl sites for hydroxylation is 1. The van der Waals surface area contributed by atoms with Gasteiger partial charge in [-0.15, -0.1) is 0 Å². The van der Waals surface area contributed by atoms with E-state index in [0.29, 0.717) is 24.0 Å².